The third kappa shape index (κ3) is 5.35. The summed E-state index contributed by atoms with van der Waals surface area (Å²) < 4.78 is 42.2. The molecule has 1 N–H and O–H groups in total. The molecule has 2 heterocycles. The smallest absolute Gasteiger partial charge is 0.406 e. The lowest BCUT2D eigenvalue weighted by molar-refractivity contribution is -0.274. The summed E-state index contributed by atoms with van der Waals surface area (Å²) in [5.41, 5.74) is 1.16. The first-order valence-electron chi connectivity index (χ1n) is 9.65. The lowest BCUT2D eigenvalue weighted by atomic mass is 10.0. The van der Waals surface area contributed by atoms with Crippen LogP contribution in [0.4, 0.5) is 23.7 Å². The van der Waals surface area contributed by atoms with Gasteiger partial charge in [0.1, 0.15) is 11.8 Å². The molecule has 0 saturated carbocycles. The number of carbonyl (C=O) groups excluding carboxylic acids is 1. The third-order valence-corrected chi connectivity index (χ3v) is 5.04. The normalized spacial score (nSPS) is 15.8. The van der Waals surface area contributed by atoms with Crippen LogP contribution in [0.1, 0.15) is 11.6 Å². The van der Waals surface area contributed by atoms with Crippen molar-refractivity contribution in [2.45, 2.75) is 12.4 Å². The Morgan fingerprint density at radius 2 is 1.76 bits per heavy atom. The van der Waals surface area contributed by atoms with Crippen LogP contribution < -0.4 is 15.6 Å². The molecule has 1 aliphatic rings. The Kier molecular flexibility index (Phi) is 6.10. The van der Waals surface area contributed by atoms with E-state index in [4.69, 9.17) is 11.6 Å². The molecular weight excluding hydrogens is 461 g/mol. The summed E-state index contributed by atoms with van der Waals surface area (Å²) in [5.74, 6) is -0.409. The number of aromatic nitrogens is 1. The molecule has 1 aromatic heterocycles. The Morgan fingerprint density at radius 1 is 1.06 bits per heavy atom. The predicted octanol–water partition coefficient (Wildman–Crippen LogP) is 4.89. The monoisotopic (exact) mass is 476 g/mol. The quantitative estimate of drug-likeness (QED) is 0.582. The van der Waals surface area contributed by atoms with Crippen molar-refractivity contribution < 1.29 is 22.7 Å². The molecule has 0 saturated heterocycles. The molecule has 4 rings (SSSR count). The lowest BCUT2D eigenvalue weighted by Crippen LogP contribution is -2.34. The number of amides is 2. The second-order valence-corrected chi connectivity index (χ2v) is 7.47. The number of halogens is 4. The fraction of sp³-hybridized carbons (Fsp3) is 0.136. The number of benzene rings is 2. The number of hydrazone groups is 1. The van der Waals surface area contributed by atoms with Crippen LogP contribution in [-0.2, 0) is 0 Å². The Labute approximate surface area is 190 Å². The number of nitrogens with zero attached hydrogens (tertiary/aromatic N) is 3. The summed E-state index contributed by atoms with van der Waals surface area (Å²) in [5, 5.41) is 8.67. The number of ether oxygens (including phenoxy) is 1. The topological polar surface area (TPSA) is 75.9 Å². The minimum atomic E-state index is -4.81. The largest absolute Gasteiger partial charge is 0.573 e. The van der Waals surface area contributed by atoms with Crippen molar-refractivity contribution in [1.82, 2.24) is 9.58 Å². The van der Waals surface area contributed by atoms with Gasteiger partial charge in [0.05, 0.1) is 12.3 Å². The van der Waals surface area contributed by atoms with Crippen LogP contribution in [0.3, 0.4) is 0 Å². The highest BCUT2D eigenvalue weighted by atomic mass is 35.5. The van der Waals surface area contributed by atoms with Crippen LogP contribution in [0.5, 0.6) is 5.75 Å². The van der Waals surface area contributed by atoms with E-state index in [1.165, 1.54) is 22.8 Å². The van der Waals surface area contributed by atoms with E-state index in [9.17, 15) is 22.8 Å². The van der Waals surface area contributed by atoms with Crippen molar-refractivity contribution in [1.29, 1.82) is 0 Å². The summed E-state index contributed by atoms with van der Waals surface area (Å²) in [4.78, 5) is 25.2. The molecule has 2 amide bonds. The summed E-state index contributed by atoms with van der Waals surface area (Å²) in [7, 11) is 0. The minimum absolute atomic E-state index is 0.0724. The van der Waals surface area contributed by atoms with Crippen LogP contribution in [-0.4, -0.2) is 34.2 Å². The molecule has 0 spiro atoms. The third-order valence-electron chi connectivity index (χ3n) is 4.79. The molecule has 1 atom stereocenters. The maximum atomic E-state index is 12.8. The van der Waals surface area contributed by atoms with Gasteiger partial charge in [-0.25, -0.2) is 9.80 Å². The number of nitrogens with one attached hydrogen (secondary N) is 1. The van der Waals surface area contributed by atoms with E-state index in [0.717, 1.165) is 17.1 Å². The highest BCUT2D eigenvalue weighted by Gasteiger charge is 2.33. The van der Waals surface area contributed by atoms with Crippen LogP contribution in [0.15, 0.2) is 82.8 Å². The summed E-state index contributed by atoms with van der Waals surface area (Å²) in [6.07, 6.45) is -3.20. The van der Waals surface area contributed by atoms with Gasteiger partial charge in [0, 0.05) is 28.5 Å². The first-order valence-corrected chi connectivity index (χ1v) is 10.0. The van der Waals surface area contributed by atoms with Gasteiger partial charge in [-0.15, -0.1) is 13.2 Å². The van der Waals surface area contributed by atoms with Crippen LogP contribution in [0.2, 0.25) is 5.02 Å². The molecule has 0 bridgehead atoms. The Morgan fingerprint density at radius 3 is 2.39 bits per heavy atom. The number of carbonyl (C=O) groups is 1. The van der Waals surface area contributed by atoms with Gasteiger partial charge < -0.3 is 14.6 Å². The predicted molar refractivity (Wildman–Crippen MR) is 117 cm³/mol. The van der Waals surface area contributed by atoms with Crippen molar-refractivity contribution in [2.24, 2.45) is 5.10 Å². The van der Waals surface area contributed by atoms with E-state index < -0.39 is 24.2 Å². The number of rotatable bonds is 4. The maximum absolute atomic E-state index is 12.8. The fourth-order valence-electron chi connectivity index (χ4n) is 3.33. The summed E-state index contributed by atoms with van der Waals surface area (Å²) in [6.45, 7) is 0.0724. The number of urea groups is 1. The summed E-state index contributed by atoms with van der Waals surface area (Å²) in [6, 6.07) is 15.1. The minimum Gasteiger partial charge on any atom is -0.406 e. The van der Waals surface area contributed by atoms with Crippen molar-refractivity contribution >= 4 is 29.0 Å². The van der Waals surface area contributed by atoms with E-state index in [2.05, 4.69) is 15.2 Å². The maximum Gasteiger partial charge on any atom is 0.573 e. The summed E-state index contributed by atoms with van der Waals surface area (Å²) >= 11 is 5.97. The average molecular weight is 477 g/mol. The van der Waals surface area contributed by atoms with Crippen molar-refractivity contribution in [3.63, 3.8) is 0 Å². The van der Waals surface area contributed by atoms with Crippen molar-refractivity contribution in [3.05, 3.63) is 93.9 Å². The van der Waals surface area contributed by atoms with Crippen molar-refractivity contribution in [3.8, 4) is 5.75 Å². The van der Waals surface area contributed by atoms with E-state index in [1.807, 2.05) is 0 Å². The zero-order valence-electron chi connectivity index (χ0n) is 16.8. The highest BCUT2D eigenvalue weighted by molar-refractivity contribution is 6.30. The lowest BCUT2D eigenvalue weighted by Gasteiger charge is -2.17. The first kappa shape index (κ1) is 22.4. The number of hydrogen-bond acceptors (Lipinski definition) is 4. The molecule has 33 heavy (non-hydrogen) atoms. The van der Waals surface area contributed by atoms with E-state index >= 15 is 0 Å². The molecule has 1 aliphatic heterocycles. The Hall–Kier alpha value is -3.79. The van der Waals surface area contributed by atoms with Crippen LogP contribution in [0.25, 0.3) is 0 Å². The van der Waals surface area contributed by atoms with Crippen LogP contribution >= 0.6 is 11.6 Å². The molecule has 11 heteroatoms. The molecule has 2 aromatic carbocycles. The van der Waals surface area contributed by atoms with E-state index in [1.54, 1.807) is 42.6 Å². The van der Waals surface area contributed by atoms with Gasteiger partial charge in [0.2, 0.25) is 0 Å². The number of anilines is 1. The van der Waals surface area contributed by atoms with Gasteiger partial charge in [-0.05, 0) is 42.5 Å². The van der Waals surface area contributed by atoms with Gasteiger partial charge in [-0.3, -0.25) is 4.79 Å². The van der Waals surface area contributed by atoms with E-state index in [-0.39, 0.29) is 17.8 Å². The molecule has 7 nitrogen and oxygen atoms in total. The molecule has 0 aliphatic carbocycles. The SMILES string of the molecule is O=C(Nc1ccc(OC(F)(F)F)cc1)N1CC(n2ccccc2=O)C(c2ccc(Cl)cc2)=N1. The number of hydrogen-bond donors (Lipinski definition) is 1. The Balaban J connectivity index is 1.57. The van der Waals surface area contributed by atoms with Gasteiger partial charge in [0.25, 0.3) is 5.56 Å². The molecule has 0 radical (unpaired) electrons. The number of alkyl halides is 3. The second kappa shape index (κ2) is 8.99. The zero-order chi connectivity index (χ0) is 23.6. The molecule has 170 valence electrons. The first-order chi connectivity index (χ1) is 15.7. The second-order valence-electron chi connectivity index (χ2n) is 7.04. The zero-order valence-corrected chi connectivity index (χ0v) is 17.5. The Bertz CT molecular complexity index is 1240. The molecule has 1 unspecified atom stereocenters. The average Bonchev–Trinajstić information content (AvgIpc) is 3.20. The van der Waals surface area contributed by atoms with Gasteiger partial charge in [-0.1, -0.05) is 29.8 Å². The van der Waals surface area contributed by atoms with Gasteiger partial charge in [0.15, 0.2) is 0 Å². The molecular formula is C22H16ClF3N4O3. The van der Waals surface area contributed by atoms with E-state index in [0.29, 0.717) is 16.3 Å². The molecule has 3 aromatic rings. The fourth-order valence-corrected chi connectivity index (χ4v) is 3.46. The van der Waals surface area contributed by atoms with Gasteiger partial charge >= 0.3 is 12.4 Å². The number of pyridine rings is 1. The van der Waals surface area contributed by atoms with Crippen LogP contribution in [0, 0.1) is 0 Å². The van der Waals surface area contributed by atoms with Crippen molar-refractivity contribution in [2.75, 3.05) is 11.9 Å². The molecule has 0 fully saturated rings. The van der Waals surface area contributed by atoms with Gasteiger partial charge in [-0.2, -0.15) is 5.10 Å². The standard InChI is InChI=1S/C22H16ClF3N4O3/c23-15-6-4-14(5-7-15)20-18(29-12-2-1-3-19(29)31)13-30(28-20)21(32)27-16-8-10-17(11-9-16)33-22(24,25)26/h1-12,18H,13H2,(H,27,32). The highest BCUT2D eigenvalue weighted by Crippen LogP contribution is 2.26.